The molecule has 1 aromatic rings. The number of hydrogen-bond acceptors (Lipinski definition) is 4. The highest BCUT2D eigenvalue weighted by atomic mass is 79.9. The summed E-state index contributed by atoms with van der Waals surface area (Å²) in [6.45, 7) is 5.08. The van der Waals surface area contributed by atoms with E-state index >= 15 is 0 Å². The van der Waals surface area contributed by atoms with Gasteiger partial charge in [-0.3, -0.25) is 9.59 Å². The SMILES string of the molecule is CC(C)(C)OC(=O)[C@@]1(N=[N+]=[N-])Cc2cc(Br)ccc2C1=O. The average Bonchev–Trinajstić information content (AvgIpc) is 2.61. The van der Waals surface area contributed by atoms with Crippen LogP contribution < -0.4 is 0 Å². The van der Waals surface area contributed by atoms with Crippen molar-refractivity contribution in [3.63, 3.8) is 0 Å². The molecule has 1 aliphatic rings. The van der Waals surface area contributed by atoms with Gasteiger partial charge in [0.1, 0.15) is 5.60 Å². The normalized spacial score (nSPS) is 20.7. The number of fused-ring (bicyclic) bond motifs is 1. The van der Waals surface area contributed by atoms with Crippen LogP contribution in [0.15, 0.2) is 27.8 Å². The molecular weight excluding hydrogens is 338 g/mol. The van der Waals surface area contributed by atoms with Gasteiger partial charge in [-0.05, 0) is 50.1 Å². The summed E-state index contributed by atoms with van der Waals surface area (Å²) in [4.78, 5) is 27.7. The van der Waals surface area contributed by atoms with Gasteiger partial charge in [0.05, 0.1) is 0 Å². The molecule has 110 valence electrons. The minimum absolute atomic E-state index is 0.0135. The van der Waals surface area contributed by atoms with E-state index in [2.05, 4.69) is 26.0 Å². The van der Waals surface area contributed by atoms with Gasteiger partial charge < -0.3 is 4.74 Å². The molecule has 0 spiro atoms. The topological polar surface area (TPSA) is 92.1 Å². The number of carbonyl (C=O) groups excluding carboxylic acids is 2. The Balaban J connectivity index is 2.50. The van der Waals surface area contributed by atoms with Gasteiger partial charge in [-0.25, -0.2) is 0 Å². The van der Waals surface area contributed by atoms with Crippen LogP contribution in [0.5, 0.6) is 0 Å². The first-order valence-corrected chi connectivity index (χ1v) is 7.12. The van der Waals surface area contributed by atoms with E-state index in [1.165, 1.54) is 0 Å². The quantitative estimate of drug-likeness (QED) is 0.268. The molecule has 0 bridgehead atoms. The number of azide groups is 1. The van der Waals surface area contributed by atoms with Gasteiger partial charge in [0.2, 0.25) is 5.54 Å². The monoisotopic (exact) mass is 351 g/mol. The number of carbonyl (C=O) groups is 2. The lowest BCUT2D eigenvalue weighted by Crippen LogP contribution is -2.46. The Labute approximate surface area is 130 Å². The van der Waals surface area contributed by atoms with Gasteiger partial charge in [-0.1, -0.05) is 21.0 Å². The third-order valence-electron chi connectivity index (χ3n) is 3.09. The summed E-state index contributed by atoms with van der Waals surface area (Å²) in [5.74, 6) is -1.33. The zero-order valence-corrected chi connectivity index (χ0v) is 13.5. The number of hydrogen-bond donors (Lipinski definition) is 0. The Hall–Kier alpha value is -1.85. The number of ketones is 1. The number of esters is 1. The molecule has 0 N–H and O–H groups in total. The summed E-state index contributed by atoms with van der Waals surface area (Å²) in [6.07, 6.45) is 0.0135. The van der Waals surface area contributed by atoms with E-state index in [0.717, 1.165) is 4.47 Å². The summed E-state index contributed by atoms with van der Waals surface area (Å²) < 4.78 is 6.06. The van der Waals surface area contributed by atoms with Crippen LogP contribution in [-0.2, 0) is 16.0 Å². The van der Waals surface area contributed by atoms with E-state index < -0.39 is 22.9 Å². The van der Waals surface area contributed by atoms with Gasteiger partial charge in [0.15, 0.2) is 5.78 Å². The maximum absolute atomic E-state index is 12.6. The maximum Gasteiger partial charge on any atom is 0.326 e. The molecule has 0 unspecified atom stereocenters. The Morgan fingerprint density at radius 2 is 2.14 bits per heavy atom. The molecule has 0 aromatic heterocycles. The second-order valence-corrected chi connectivity index (χ2v) is 6.77. The van der Waals surface area contributed by atoms with E-state index in [4.69, 9.17) is 10.3 Å². The number of rotatable bonds is 2. The zero-order chi connectivity index (χ0) is 15.8. The first-order chi connectivity index (χ1) is 9.69. The van der Waals surface area contributed by atoms with Crippen molar-refractivity contribution in [2.24, 2.45) is 5.11 Å². The lowest BCUT2D eigenvalue weighted by molar-refractivity contribution is -0.159. The minimum atomic E-state index is -1.84. The maximum atomic E-state index is 12.6. The third kappa shape index (κ3) is 2.80. The second kappa shape index (κ2) is 5.16. The Morgan fingerprint density at radius 1 is 1.48 bits per heavy atom. The molecule has 1 aliphatic carbocycles. The molecule has 0 aliphatic heterocycles. The molecule has 1 aromatic carbocycles. The molecule has 0 amide bonds. The average molecular weight is 352 g/mol. The van der Waals surface area contributed by atoms with Crippen molar-refractivity contribution in [2.45, 2.75) is 38.3 Å². The van der Waals surface area contributed by atoms with Crippen LogP contribution in [0.2, 0.25) is 0 Å². The summed E-state index contributed by atoms with van der Waals surface area (Å²) in [5.41, 5.74) is 7.21. The van der Waals surface area contributed by atoms with E-state index in [9.17, 15) is 9.59 Å². The van der Waals surface area contributed by atoms with Crippen molar-refractivity contribution in [3.05, 3.63) is 44.2 Å². The molecule has 0 radical (unpaired) electrons. The lowest BCUT2D eigenvalue weighted by atomic mass is 9.95. The van der Waals surface area contributed by atoms with Gasteiger partial charge in [-0.15, -0.1) is 0 Å². The molecule has 0 fully saturated rings. The van der Waals surface area contributed by atoms with Crippen molar-refractivity contribution in [1.82, 2.24) is 0 Å². The highest BCUT2D eigenvalue weighted by molar-refractivity contribution is 9.10. The largest absolute Gasteiger partial charge is 0.459 e. The predicted octanol–water partition coefficient (Wildman–Crippen LogP) is 3.58. The van der Waals surface area contributed by atoms with Crippen LogP contribution in [0, 0.1) is 0 Å². The zero-order valence-electron chi connectivity index (χ0n) is 11.9. The van der Waals surface area contributed by atoms with Gasteiger partial charge in [0.25, 0.3) is 0 Å². The molecule has 6 nitrogen and oxygen atoms in total. The molecule has 0 saturated heterocycles. The minimum Gasteiger partial charge on any atom is -0.459 e. The molecule has 1 atom stereocenters. The van der Waals surface area contributed by atoms with Crippen LogP contribution in [0.1, 0.15) is 36.7 Å². The van der Waals surface area contributed by atoms with Crippen LogP contribution in [-0.4, -0.2) is 22.9 Å². The summed E-state index contributed by atoms with van der Waals surface area (Å²) in [6, 6.07) is 5.06. The molecule has 0 heterocycles. The fourth-order valence-corrected chi connectivity index (χ4v) is 2.64. The van der Waals surface area contributed by atoms with Crippen LogP contribution in [0.25, 0.3) is 10.4 Å². The van der Waals surface area contributed by atoms with Gasteiger partial charge >= 0.3 is 5.97 Å². The number of halogens is 1. The molecular formula is C14H14BrN3O3. The number of benzene rings is 1. The molecule has 2 rings (SSSR count). The van der Waals surface area contributed by atoms with Crippen molar-refractivity contribution in [2.75, 3.05) is 0 Å². The fraction of sp³-hybridized carbons (Fsp3) is 0.429. The Morgan fingerprint density at radius 3 is 2.71 bits per heavy atom. The second-order valence-electron chi connectivity index (χ2n) is 5.86. The van der Waals surface area contributed by atoms with Crippen molar-refractivity contribution < 1.29 is 14.3 Å². The van der Waals surface area contributed by atoms with Crippen molar-refractivity contribution >= 4 is 27.7 Å². The lowest BCUT2D eigenvalue weighted by Gasteiger charge is -2.26. The summed E-state index contributed by atoms with van der Waals surface area (Å²) in [7, 11) is 0. The molecule has 21 heavy (non-hydrogen) atoms. The van der Waals surface area contributed by atoms with E-state index in [1.807, 2.05) is 0 Å². The van der Waals surface area contributed by atoms with E-state index in [-0.39, 0.29) is 6.42 Å². The number of ether oxygens (including phenoxy) is 1. The highest BCUT2D eigenvalue weighted by Gasteiger charge is 2.53. The summed E-state index contributed by atoms with van der Waals surface area (Å²) >= 11 is 3.32. The Bertz CT molecular complexity index is 675. The smallest absolute Gasteiger partial charge is 0.326 e. The Kier molecular flexibility index (Phi) is 3.82. The van der Waals surface area contributed by atoms with Gasteiger partial charge in [-0.2, -0.15) is 0 Å². The predicted molar refractivity (Wildman–Crippen MR) is 79.9 cm³/mol. The first kappa shape index (κ1) is 15.5. The molecule has 7 heteroatoms. The van der Waals surface area contributed by atoms with Crippen molar-refractivity contribution in [1.29, 1.82) is 0 Å². The van der Waals surface area contributed by atoms with E-state index in [0.29, 0.717) is 11.1 Å². The van der Waals surface area contributed by atoms with Gasteiger partial charge in [0, 0.05) is 21.4 Å². The van der Waals surface area contributed by atoms with Crippen molar-refractivity contribution in [3.8, 4) is 0 Å². The fourth-order valence-electron chi connectivity index (χ4n) is 2.23. The standard InChI is InChI=1S/C14H14BrN3O3/c1-13(2,3)21-12(20)14(17-18-16)7-8-6-9(15)4-5-10(8)11(14)19/h4-6H,7H2,1-3H3/t14-/m1/s1. The number of nitrogens with zero attached hydrogens (tertiary/aromatic N) is 3. The molecule has 0 saturated carbocycles. The van der Waals surface area contributed by atoms with Crippen LogP contribution >= 0.6 is 15.9 Å². The first-order valence-electron chi connectivity index (χ1n) is 6.32. The van der Waals surface area contributed by atoms with E-state index in [1.54, 1.807) is 39.0 Å². The van der Waals surface area contributed by atoms with Crippen LogP contribution in [0.4, 0.5) is 0 Å². The third-order valence-corrected chi connectivity index (χ3v) is 3.58. The van der Waals surface area contributed by atoms with Crippen LogP contribution in [0.3, 0.4) is 0 Å². The number of Topliss-reactive ketones (excluding diaryl/α,β-unsaturated/α-hetero) is 1. The summed E-state index contributed by atoms with van der Waals surface area (Å²) in [5, 5.41) is 3.51. The highest BCUT2D eigenvalue weighted by Crippen LogP contribution is 2.36.